The number of carbonyl (C=O) groups is 1. The summed E-state index contributed by atoms with van der Waals surface area (Å²) in [6, 6.07) is 4.25. The van der Waals surface area contributed by atoms with Crippen molar-refractivity contribution in [3.8, 4) is 0 Å². The average Bonchev–Trinajstić information content (AvgIpc) is 2.00. The molecule has 14 heavy (non-hydrogen) atoms. The van der Waals surface area contributed by atoms with Gasteiger partial charge >= 0.3 is 6.09 Å². The van der Waals surface area contributed by atoms with Crippen LogP contribution < -0.4 is 5.32 Å². The summed E-state index contributed by atoms with van der Waals surface area (Å²) in [7, 11) is 0. The van der Waals surface area contributed by atoms with Crippen molar-refractivity contribution in [2.24, 2.45) is 0 Å². The number of hydrogen-bond acceptors (Lipinski definition) is 2. The molecule has 0 saturated carbocycles. The second kappa shape index (κ2) is 2.70. The quantitative estimate of drug-likeness (QED) is 0.691. The number of hydrogen-bond donors (Lipinski definition) is 1. The van der Waals surface area contributed by atoms with Crippen LogP contribution in [0.2, 0.25) is 0 Å². The largest absolute Gasteiger partial charge is 0.438 e. The molecule has 1 N–H and O–H groups in total. The number of carbonyl (C=O) groups excluding carboxylic acids is 1. The Bertz CT molecular complexity index is 401. The third kappa shape index (κ3) is 1.32. The van der Waals surface area contributed by atoms with Crippen LogP contribution in [0.15, 0.2) is 18.2 Å². The first kappa shape index (κ1) is 8.99. The van der Waals surface area contributed by atoms with Gasteiger partial charge in [0, 0.05) is 5.56 Å². The van der Waals surface area contributed by atoms with Crippen LogP contribution in [-0.4, -0.2) is 6.09 Å². The van der Waals surface area contributed by atoms with Crippen LogP contribution in [-0.2, 0) is 10.3 Å². The van der Waals surface area contributed by atoms with Gasteiger partial charge in [-0.25, -0.2) is 9.18 Å². The first-order valence-corrected chi connectivity index (χ1v) is 4.29. The minimum absolute atomic E-state index is 0.373. The molecule has 0 bridgehead atoms. The summed E-state index contributed by atoms with van der Waals surface area (Å²) < 4.78 is 17.9. The molecule has 4 heteroatoms. The van der Waals surface area contributed by atoms with E-state index >= 15 is 0 Å². The summed E-state index contributed by atoms with van der Waals surface area (Å²) in [5.41, 5.74) is 0.551. The summed E-state index contributed by atoms with van der Waals surface area (Å²) in [4.78, 5) is 11.1. The Morgan fingerprint density at radius 1 is 1.43 bits per heavy atom. The molecule has 0 aliphatic carbocycles. The molecule has 74 valence electrons. The van der Waals surface area contributed by atoms with Crippen LogP contribution >= 0.6 is 0 Å². The third-order valence-electron chi connectivity index (χ3n) is 2.21. The zero-order chi connectivity index (χ0) is 10.3. The van der Waals surface area contributed by atoms with Gasteiger partial charge in [-0.15, -0.1) is 0 Å². The second-order valence-electron chi connectivity index (χ2n) is 3.71. The maximum atomic E-state index is 12.9. The van der Waals surface area contributed by atoms with Crippen molar-refractivity contribution in [3.63, 3.8) is 0 Å². The standard InChI is InChI=1S/C10H10FNO2/c1-10(2)7-4-3-6(11)5-8(7)12-9(13)14-10/h3-5H,1-2H3,(H,12,13). The minimum atomic E-state index is -0.703. The molecule has 0 radical (unpaired) electrons. The molecule has 0 aromatic heterocycles. The summed E-state index contributed by atoms with van der Waals surface area (Å²) in [6.07, 6.45) is -0.548. The smallest absolute Gasteiger partial charge is 0.412 e. The van der Waals surface area contributed by atoms with Gasteiger partial charge in [0.2, 0.25) is 0 Å². The number of nitrogens with one attached hydrogen (secondary N) is 1. The van der Waals surface area contributed by atoms with Crippen LogP contribution in [0.4, 0.5) is 14.9 Å². The van der Waals surface area contributed by atoms with Crippen molar-refractivity contribution in [1.29, 1.82) is 0 Å². The van der Waals surface area contributed by atoms with E-state index in [1.165, 1.54) is 12.1 Å². The lowest BCUT2D eigenvalue weighted by Crippen LogP contribution is -2.34. The van der Waals surface area contributed by atoms with Gasteiger partial charge in [0.05, 0.1) is 5.69 Å². The van der Waals surface area contributed by atoms with Crippen molar-refractivity contribution in [2.45, 2.75) is 19.4 Å². The fraction of sp³-hybridized carbons (Fsp3) is 0.300. The Kier molecular flexibility index (Phi) is 1.74. The number of amides is 1. The van der Waals surface area contributed by atoms with Crippen LogP contribution in [0.5, 0.6) is 0 Å². The highest BCUT2D eigenvalue weighted by atomic mass is 19.1. The highest BCUT2D eigenvalue weighted by Gasteiger charge is 2.33. The lowest BCUT2D eigenvalue weighted by atomic mass is 9.95. The van der Waals surface area contributed by atoms with E-state index in [0.717, 1.165) is 5.56 Å². The Hall–Kier alpha value is -1.58. The van der Waals surface area contributed by atoms with Crippen molar-refractivity contribution < 1.29 is 13.9 Å². The minimum Gasteiger partial charge on any atom is -0.438 e. The molecule has 0 spiro atoms. The van der Waals surface area contributed by atoms with Gasteiger partial charge in [-0.05, 0) is 26.0 Å². The topological polar surface area (TPSA) is 38.3 Å². The molecule has 1 amide bonds. The lowest BCUT2D eigenvalue weighted by Gasteiger charge is -2.32. The first-order chi connectivity index (χ1) is 6.49. The number of anilines is 1. The van der Waals surface area contributed by atoms with E-state index in [4.69, 9.17) is 4.74 Å². The molecule has 1 aromatic rings. The molecule has 0 unspecified atom stereocenters. The van der Waals surface area contributed by atoms with E-state index < -0.39 is 11.7 Å². The van der Waals surface area contributed by atoms with E-state index in [0.29, 0.717) is 5.69 Å². The number of cyclic esters (lactones) is 1. The van der Waals surface area contributed by atoms with Crippen molar-refractivity contribution in [2.75, 3.05) is 5.32 Å². The fourth-order valence-corrected chi connectivity index (χ4v) is 1.57. The van der Waals surface area contributed by atoms with Gasteiger partial charge in [-0.3, -0.25) is 5.32 Å². The van der Waals surface area contributed by atoms with E-state index in [2.05, 4.69) is 5.32 Å². The van der Waals surface area contributed by atoms with Gasteiger partial charge in [0.1, 0.15) is 11.4 Å². The number of fused-ring (bicyclic) bond motifs is 1. The van der Waals surface area contributed by atoms with Gasteiger partial charge in [-0.2, -0.15) is 0 Å². The average molecular weight is 195 g/mol. The van der Waals surface area contributed by atoms with Gasteiger partial charge in [-0.1, -0.05) is 6.07 Å². The molecule has 1 aromatic carbocycles. The molecular formula is C10H10FNO2. The number of halogens is 1. The van der Waals surface area contributed by atoms with E-state index in [1.54, 1.807) is 19.9 Å². The zero-order valence-electron chi connectivity index (χ0n) is 7.93. The molecule has 0 saturated heterocycles. The Balaban J connectivity index is 2.57. The van der Waals surface area contributed by atoms with Gasteiger partial charge in [0.15, 0.2) is 0 Å². The highest BCUT2D eigenvalue weighted by molar-refractivity contribution is 5.88. The molecule has 0 fully saturated rings. The normalized spacial score (nSPS) is 18.1. The maximum Gasteiger partial charge on any atom is 0.412 e. The predicted molar refractivity (Wildman–Crippen MR) is 49.5 cm³/mol. The lowest BCUT2D eigenvalue weighted by molar-refractivity contribution is 0.0420. The monoisotopic (exact) mass is 195 g/mol. The van der Waals surface area contributed by atoms with Crippen LogP contribution in [0.3, 0.4) is 0 Å². The summed E-state index contributed by atoms with van der Waals surface area (Å²) in [6.45, 7) is 3.53. The third-order valence-corrected chi connectivity index (χ3v) is 2.21. The number of rotatable bonds is 0. The van der Waals surface area contributed by atoms with Crippen molar-refractivity contribution in [3.05, 3.63) is 29.6 Å². The van der Waals surface area contributed by atoms with E-state index in [-0.39, 0.29) is 5.82 Å². The Morgan fingerprint density at radius 3 is 2.86 bits per heavy atom. The maximum absolute atomic E-state index is 12.9. The van der Waals surface area contributed by atoms with Crippen molar-refractivity contribution >= 4 is 11.8 Å². The molecule has 1 heterocycles. The molecular weight excluding hydrogens is 185 g/mol. The second-order valence-corrected chi connectivity index (χ2v) is 3.71. The SMILES string of the molecule is CC1(C)OC(=O)Nc2cc(F)ccc21. The fourth-order valence-electron chi connectivity index (χ4n) is 1.57. The molecule has 1 aliphatic rings. The van der Waals surface area contributed by atoms with E-state index in [9.17, 15) is 9.18 Å². The molecule has 3 nitrogen and oxygen atoms in total. The number of benzene rings is 1. The van der Waals surface area contributed by atoms with Crippen LogP contribution in [0.1, 0.15) is 19.4 Å². The zero-order valence-corrected chi connectivity index (χ0v) is 7.93. The van der Waals surface area contributed by atoms with Crippen molar-refractivity contribution in [1.82, 2.24) is 0 Å². The molecule has 0 atom stereocenters. The Morgan fingerprint density at radius 2 is 2.14 bits per heavy atom. The van der Waals surface area contributed by atoms with Crippen LogP contribution in [0.25, 0.3) is 0 Å². The predicted octanol–water partition coefficient (Wildman–Crippen LogP) is 2.62. The summed E-state index contributed by atoms with van der Waals surface area (Å²) in [5.74, 6) is -0.373. The first-order valence-electron chi connectivity index (χ1n) is 4.29. The highest BCUT2D eigenvalue weighted by Crippen LogP contribution is 2.35. The van der Waals surface area contributed by atoms with Gasteiger partial charge in [0.25, 0.3) is 0 Å². The van der Waals surface area contributed by atoms with Gasteiger partial charge < -0.3 is 4.74 Å². The molecule has 2 rings (SSSR count). The summed E-state index contributed by atoms with van der Waals surface area (Å²) >= 11 is 0. The summed E-state index contributed by atoms with van der Waals surface area (Å²) in [5, 5.41) is 2.46. The Labute approximate surface area is 80.9 Å². The molecule has 1 aliphatic heterocycles. The van der Waals surface area contributed by atoms with E-state index in [1.807, 2.05) is 0 Å². The number of ether oxygens (including phenoxy) is 1. The van der Waals surface area contributed by atoms with Crippen LogP contribution in [0, 0.1) is 5.82 Å².